The summed E-state index contributed by atoms with van der Waals surface area (Å²) in [5, 5.41) is 6.67. The largest absolute Gasteiger partial charge is 0.356 e. The van der Waals surface area contributed by atoms with Crippen LogP contribution in [0.2, 0.25) is 0 Å². The Labute approximate surface area is 112 Å². The zero-order chi connectivity index (χ0) is 13.8. The molecule has 2 atom stereocenters. The molecular formula is C15H30N2O. The van der Waals surface area contributed by atoms with E-state index in [-0.39, 0.29) is 17.4 Å². The summed E-state index contributed by atoms with van der Waals surface area (Å²) in [6.07, 6.45) is 4.22. The van der Waals surface area contributed by atoms with Crippen LogP contribution in [0, 0.1) is 11.8 Å². The molecule has 2 N–H and O–H groups in total. The highest BCUT2D eigenvalue weighted by Crippen LogP contribution is 2.27. The van der Waals surface area contributed by atoms with Crippen LogP contribution in [0.1, 0.15) is 60.3 Å². The Morgan fingerprint density at radius 3 is 2.50 bits per heavy atom. The lowest BCUT2D eigenvalue weighted by molar-refractivity contribution is -0.124. The van der Waals surface area contributed by atoms with Gasteiger partial charge in [-0.05, 0) is 52.4 Å². The molecular weight excluding hydrogens is 224 g/mol. The van der Waals surface area contributed by atoms with Crippen LogP contribution < -0.4 is 10.6 Å². The van der Waals surface area contributed by atoms with Crippen LogP contribution >= 0.6 is 0 Å². The van der Waals surface area contributed by atoms with Gasteiger partial charge in [-0.2, -0.15) is 0 Å². The van der Waals surface area contributed by atoms with Crippen molar-refractivity contribution in [3.05, 3.63) is 0 Å². The molecule has 0 saturated heterocycles. The maximum absolute atomic E-state index is 12.0. The van der Waals surface area contributed by atoms with E-state index in [1.807, 2.05) is 0 Å². The Kier molecular flexibility index (Phi) is 5.64. The van der Waals surface area contributed by atoms with Crippen molar-refractivity contribution in [1.29, 1.82) is 0 Å². The third-order valence-electron chi connectivity index (χ3n) is 3.46. The lowest BCUT2D eigenvalue weighted by Crippen LogP contribution is -2.42. The molecule has 1 aliphatic rings. The summed E-state index contributed by atoms with van der Waals surface area (Å²) in [7, 11) is 0. The molecule has 3 heteroatoms. The van der Waals surface area contributed by atoms with Crippen molar-refractivity contribution >= 4 is 5.91 Å². The highest BCUT2D eigenvalue weighted by atomic mass is 16.1. The molecule has 0 aromatic heterocycles. The van der Waals surface area contributed by atoms with Crippen LogP contribution in [0.4, 0.5) is 0 Å². The summed E-state index contributed by atoms with van der Waals surface area (Å²) in [4.78, 5) is 12.0. The van der Waals surface area contributed by atoms with E-state index in [0.717, 1.165) is 32.2 Å². The van der Waals surface area contributed by atoms with Crippen molar-refractivity contribution in [2.75, 3.05) is 6.54 Å². The molecule has 0 bridgehead atoms. The number of nitrogens with one attached hydrogen (secondary N) is 2. The Balaban J connectivity index is 2.26. The van der Waals surface area contributed by atoms with Gasteiger partial charge in [-0.25, -0.2) is 0 Å². The van der Waals surface area contributed by atoms with E-state index < -0.39 is 0 Å². The van der Waals surface area contributed by atoms with Gasteiger partial charge in [0.05, 0.1) is 0 Å². The average molecular weight is 254 g/mol. The molecule has 1 fully saturated rings. The Morgan fingerprint density at radius 1 is 1.28 bits per heavy atom. The first kappa shape index (κ1) is 15.5. The average Bonchev–Trinajstić information content (AvgIpc) is 2.62. The zero-order valence-corrected chi connectivity index (χ0v) is 12.7. The van der Waals surface area contributed by atoms with Gasteiger partial charge in [-0.1, -0.05) is 13.8 Å². The van der Waals surface area contributed by atoms with Crippen molar-refractivity contribution < 1.29 is 4.79 Å². The second-order valence-electron chi connectivity index (χ2n) is 7.07. The molecule has 0 aliphatic heterocycles. The molecule has 0 radical (unpaired) electrons. The molecule has 1 rings (SSSR count). The fourth-order valence-electron chi connectivity index (χ4n) is 2.59. The monoisotopic (exact) mass is 254 g/mol. The number of hydrogen-bond donors (Lipinski definition) is 2. The molecule has 0 heterocycles. The van der Waals surface area contributed by atoms with Gasteiger partial charge in [0.2, 0.25) is 5.91 Å². The third kappa shape index (κ3) is 5.85. The molecule has 106 valence electrons. The normalized spacial score (nSPS) is 24.6. The van der Waals surface area contributed by atoms with Gasteiger partial charge < -0.3 is 10.6 Å². The van der Waals surface area contributed by atoms with Crippen LogP contribution in [-0.4, -0.2) is 24.0 Å². The third-order valence-corrected chi connectivity index (χ3v) is 3.46. The van der Waals surface area contributed by atoms with Crippen LogP contribution in [0.3, 0.4) is 0 Å². The van der Waals surface area contributed by atoms with Gasteiger partial charge in [-0.15, -0.1) is 0 Å². The summed E-state index contributed by atoms with van der Waals surface area (Å²) in [6.45, 7) is 11.7. The second-order valence-corrected chi connectivity index (χ2v) is 7.07. The van der Waals surface area contributed by atoms with Crippen molar-refractivity contribution in [2.24, 2.45) is 11.8 Å². The summed E-state index contributed by atoms with van der Waals surface area (Å²) in [5.41, 5.74) is 0.147. The first-order chi connectivity index (χ1) is 8.28. The van der Waals surface area contributed by atoms with Crippen LogP contribution in [0.15, 0.2) is 0 Å². The number of carbonyl (C=O) groups excluding carboxylic acids is 1. The van der Waals surface area contributed by atoms with E-state index in [1.165, 1.54) is 0 Å². The lowest BCUT2D eigenvalue weighted by Gasteiger charge is -2.25. The standard InChI is InChI=1S/C15H30N2O/c1-11(2)8-9-16-14(18)12-6-7-13(10-12)17-15(3,4)5/h11-13,17H,6-10H2,1-5H3,(H,16,18)/t12-,13-/m0/s1. The Bertz CT molecular complexity index is 268. The Hall–Kier alpha value is -0.570. The van der Waals surface area contributed by atoms with Crippen LogP contribution in [0.5, 0.6) is 0 Å². The van der Waals surface area contributed by atoms with Crippen LogP contribution in [0.25, 0.3) is 0 Å². The van der Waals surface area contributed by atoms with Gasteiger partial charge in [0, 0.05) is 24.0 Å². The lowest BCUT2D eigenvalue weighted by atomic mass is 10.0. The van der Waals surface area contributed by atoms with E-state index in [0.29, 0.717) is 12.0 Å². The molecule has 18 heavy (non-hydrogen) atoms. The van der Waals surface area contributed by atoms with E-state index >= 15 is 0 Å². The minimum atomic E-state index is 0.147. The first-order valence-corrected chi connectivity index (χ1v) is 7.33. The Morgan fingerprint density at radius 2 is 1.94 bits per heavy atom. The molecule has 1 amide bonds. The molecule has 0 aromatic rings. The number of hydrogen-bond acceptors (Lipinski definition) is 2. The summed E-state index contributed by atoms with van der Waals surface area (Å²) >= 11 is 0. The maximum Gasteiger partial charge on any atom is 0.223 e. The minimum Gasteiger partial charge on any atom is -0.356 e. The molecule has 3 nitrogen and oxygen atoms in total. The highest BCUT2D eigenvalue weighted by Gasteiger charge is 2.31. The van der Waals surface area contributed by atoms with Gasteiger partial charge in [0.15, 0.2) is 0 Å². The fourth-order valence-corrected chi connectivity index (χ4v) is 2.59. The van der Waals surface area contributed by atoms with Crippen molar-refractivity contribution in [1.82, 2.24) is 10.6 Å². The summed E-state index contributed by atoms with van der Waals surface area (Å²) < 4.78 is 0. The van der Waals surface area contributed by atoms with E-state index in [1.54, 1.807) is 0 Å². The highest BCUT2D eigenvalue weighted by molar-refractivity contribution is 5.78. The molecule has 0 aromatic carbocycles. The van der Waals surface area contributed by atoms with Crippen molar-refractivity contribution in [3.63, 3.8) is 0 Å². The molecule has 0 unspecified atom stereocenters. The fraction of sp³-hybridized carbons (Fsp3) is 0.933. The summed E-state index contributed by atoms with van der Waals surface area (Å²) in [5.74, 6) is 1.13. The number of carbonyl (C=O) groups is 1. The van der Waals surface area contributed by atoms with Gasteiger partial charge >= 0.3 is 0 Å². The number of amides is 1. The first-order valence-electron chi connectivity index (χ1n) is 7.33. The van der Waals surface area contributed by atoms with Crippen LogP contribution in [-0.2, 0) is 4.79 Å². The van der Waals surface area contributed by atoms with E-state index in [2.05, 4.69) is 45.3 Å². The topological polar surface area (TPSA) is 41.1 Å². The second kappa shape index (κ2) is 6.55. The van der Waals surface area contributed by atoms with Gasteiger partial charge in [0.1, 0.15) is 0 Å². The predicted octanol–water partition coefficient (Wildman–Crippen LogP) is 2.71. The molecule has 1 saturated carbocycles. The van der Waals surface area contributed by atoms with Gasteiger partial charge in [-0.3, -0.25) is 4.79 Å². The van der Waals surface area contributed by atoms with Crippen molar-refractivity contribution in [2.45, 2.75) is 71.9 Å². The van der Waals surface area contributed by atoms with E-state index in [9.17, 15) is 4.79 Å². The SMILES string of the molecule is CC(C)CCNC(=O)[C@H]1CC[C@H](NC(C)(C)C)C1. The quantitative estimate of drug-likeness (QED) is 0.792. The minimum absolute atomic E-state index is 0.147. The smallest absolute Gasteiger partial charge is 0.223 e. The molecule has 0 spiro atoms. The number of rotatable bonds is 5. The molecule has 1 aliphatic carbocycles. The summed E-state index contributed by atoms with van der Waals surface area (Å²) in [6, 6.07) is 0.505. The predicted molar refractivity (Wildman–Crippen MR) is 76.5 cm³/mol. The maximum atomic E-state index is 12.0. The van der Waals surface area contributed by atoms with E-state index in [4.69, 9.17) is 0 Å². The van der Waals surface area contributed by atoms with Crippen molar-refractivity contribution in [3.8, 4) is 0 Å². The van der Waals surface area contributed by atoms with Gasteiger partial charge in [0.25, 0.3) is 0 Å². The zero-order valence-electron chi connectivity index (χ0n) is 12.7.